The highest BCUT2D eigenvalue weighted by atomic mass is 16.7. The van der Waals surface area contributed by atoms with E-state index in [1.807, 2.05) is 32.8 Å². The van der Waals surface area contributed by atoms with Gasteiger partial charge in [-0.3, -0.25) is 9.59 Å². The second-order valence-electron chi connectivity index (χ2n) is 16.2. The summed E-state index contributed by atoms with van der Waals surface area (Å²) in [6.07, 6.45) is -7.91. The summed E-state index contributed by atoms with van der Waals surface area (Å²) in [6, 6.07) is -0.297. The molecule has 3 heterocycles. The first kappa shape index (κ1) is 43.1. The molecule has 3 saturated heterocycles. The second-order valence-corrected chi connectivity index (χ2v) is 16.2. The SMILES string of the molecule is CC[C@H]1OC(=O)[C@H](C)[C@@H](O[C@H]2C[C@@](C)(OC)[C@@H](O)[C@H](C)O2)[C@@H](C)[C@@H](O[C@@H]2O[C@H](C)C[C@H](N(C)C)[C@H]2O)[C@](C)(O)C[C@@H](C)C(=O)[C@H](C)[C@@H](O)[C@H]1C. The number of carbonyl (C=O) groups excluding carboxylic acids is 2. The maximum Gasteiger partial charge on any atom is 0.311 e. The average Bonchev–Trinajstić information content (AvgIpc) is 3.05. The van der Waals surface area contributed by atoms with Crippen LogP contribution >= 0.6 is 0 Å². The van der Waals surface area contributed by atoms with Crippen LogP contribution in [-0.4, -0.2) is 137 Å². The van der Waals surface area contributed by atoms with E-state index in [2.05, 4.69) is 0 Å². The van der Waals surface area contributed by atoms with Gasteiger partial charge in [0.25, 0.3) is 0 Å². The van der Waals surface area contributed by atoms with Gasteiger partial charge >= 0.3 is 5.97 Å². The van der Waals surface area contributed by atoms with Crippen molar-refractivity contribution in [2.45, 2.75) is 174 Å². The number of esters is 1. The van der Waals surface area contributed by atoms with Crippen molar-refractivity contribution < 1.29 is 58.4 Å². The molecule has 0 aromatic carbocycles. The van der Waals surface area contributed by atoms with Gasteiger partial charge in [-0.25, -0.2) is 0 Å². The van der Waals surface area contributed by atoms with Crippen LogP contribution in [0.4, 0.5) is 0 Å². The summed E-state index contributed by atoms with van der Waals surface area (Å²) in [7, 11) is 5.23. The molecule has 0 radical (unpaired) electrons. The lowest BCUT2D eigenvalue weighted by Gasteiger charge is -2.49. The van der Waals surface area contributed by atoms with Gasteiger partial charge in [0.05, 0.1) is 47.6 Å². The topological polar surface area (TPSA) is 174 Å². The van der Waals surface area contributed by atoms with Crippen molar-refractivity contribution in [2.75, 3.05) is 21.2 Å². The molecule has 3 aliphatic rings. The summed E-state index contributed by atoms with van der Waals surface area (Å²) >= 11 is 0. The smallest absolute Gasteiger partial charge is 0.311 e. The van der Waals surface area contributed by atoms with Crippen LogP contribution < -0.4 is 0 Å². The first-order valence-corrected chi connectivity index (χ1v) is 18.4. The second kappa shape index (κ2) is 17.3. The van der Waals surface area contributed by atoms with Crippen molar-refractivity contribution in [2.24, 2.45) is 29.6 Å². The third-order valence-corrected chi connectivity index (χ3v) is 11.8. The van der Waals surface area contributed by atoms with Crippen LogP contribution in [0, 0.1) is 29.6 Å². The Labute approximate surface area is 299 Å². The van der Waals surface area contributed by atoms with Crippen molar-refractivity contribution in [3.8, 4) is 0 Å². The molecule has 0 unspecified atom stereocenters. The van der Waals surface area contributed by atoms with Crippen LogP contribution in [0.25, 0.3) is 0 Å². The fourth-order valence-corrected chi connectivity index (χ4v) is 8.36. The quantitative estimate of drug-likeness (QED) is 0.284. The Morgan fingerprint density at radius 3 is 2.06 bits per heavy atom. The number of cyclic esters (lactones) is 1. The van der Waals surface area contributed by atoms with Crippen molar-refractivity contribution in [3.05, 3.63) is 0 Å². The fraction of sp³-hybridized carbons (Fsp3) is 0.946. The summed E-state index contributed by atoms with van der Waals surface area (Å²) in [4.78, 5) is 29.7. The highest BCUT2D eigenvalue weighted by molar-refractivity contribution is 5.83. The lowest BCUT2D eigenvalue weighted by molar-refractivity contribution is -0.317. The van der Waals surface area contributed by atoms with Gasteiger partial charge in [-0.15, -0.1) is 0 Å². The number of rotatable bonds is 7. The van der Waals surface area contributed by atoms with E-state index in [0.717, 1.165) is 0 Å². The van der Waals surface area contributed by atoms with E-state index in [1.165, 1.54) is 7.11 Å². The first-order chi connectivity index (χ1) is 23.1. The van der Waals surface area contributed by atoms with E-state index < -0.39 is 102 Å². The molecule has 3 aliphatic heterocycles. The molecule has 292 valence electrons. The van der Waals surface area contributed by atoms with Crippen LogP contribution in [0.3, 0.4) is 0 Å². The lowest BCUT2D eigenvalue weighted by Crippen LogP contribution is -2.60. The van der Waals surface area contributed by atoms with E-state index in [-0.39, 0.29) is 30.8 Å². The largest absolute Gasteiger partial charge is 0.462 e. The lowest BCUT2D eigenvalue weighted by atomic mass is 9.74. The van der Waals surface area contributed by atoms with Gasteiger partial charge < -0.3 is 53.7 Å². The highest BCUT2D eigenvalue weighted by Gasteiger charge is 2.52. The molecule has 0 bridgehead atoms. The van der Waals surface area contributed by atoms with Crippen molar-refractivity contribution in [1.29, 1.82) is 0 Å². The van der Waals surface area contributed by atoms with Crippen LogP contribution in [-0.2, 0) is 38.0 Å². The maximum absolute atomic E-state index is 14.0. The number of aliphatic hydroxyl groups excluding tert-OH is 3. The van der Waals surface area contributed by atoms with Crippen LogP contribution in [0.5, 0.6) is 0 Å². The molecule has 0 aromatic heterocycles. The predicted molar refractivity (Wildman–Crippen MR) is 185 cm³/mol. The third-order valence-electron chi connectivity index (χ3n) is 11.8. The van der Waals surface area contributed by atoms with Gasteiger partial charge in [0.1, 0.15) is 24.1 Å². The number of likely N-dealkylation sites (N-methyl/N-ethyl adjacent to an activating group) is 1. The van der Waals surface area contributed by atoms with Crippen molar-refractivity contribution in [1.82, 2.24) is 4.90 Å². The molecule has 3 fully saturated rings. The van der Waals surface area contributed by atoms with Gasteiger partial charge in [-0.1, -0.05) is 34.6 Å². The zero-order valence-corrected chi connectivity index (χ0v) is 32.6. The molecule has 0 spiro atoms. The third kappa shape index (κ3) is 9.45. The van der Waals surface area contributed by atoms with E-state index in [0.29, 0.717) is 12.8 Å². The summed E-state index contributed by atoms with van der Waals surface area (Å²) in [5.74, 6) is -4.59. The molecule has 50 heavy (non-hydrogen) atoms. The molecule has 0 aromatic rings. The van der Waals surface area contributed by atoms with E-state index in [1.54, 1.807) is 55.4 Å². The summed E-state index contributed by atoms with van der Waals surface area (Å²) in [5, 5.41) is 46.0. The van der Waals surface area contributed by atoms with E-state index in [9.17, 15) is 30.0 Å². The molecular formula is C37H67NO12. The zero-order valence-electron chi connectivity index (χ0n) is 32.6. The molecule has 13 heteroatoms. The van der Waals surface area contributed by atoms with Gasteiger partial charge in [-0.2, -0.15) is 0 Å². The number of ether oxygens (including phenoxy) is 6. The minimum atomic E-state index is -1.72. The number of hydrogen-bond acceptors (Lipinski definition) is 13. The van der Waals surface area contributed by atoms with Gasteiger partial charge in [-0.05, 0) is 68.0 Å². The van der Waals surface area contributed by atoms with Crippen LogP contribution in [0.2, 0.25) is 0 Å². The minimum Gasteiger partial charge on any atom is -0.462 e. The average molecular weight is 718 g/mol. The number of nitrogens with zero attached hydrogens (tertiary/aromatic N) is 1. The summed E-state index contributed by atoms with van der Waals surface area (Å²) < 4.78 is 37.3. The molecule has 3 rings (SSSR count). The molecule has 13 nitrogen and oxygen atoms in total. The Hall–Kier alpha value is -1.26. The Morgan fingerprint density at radius 1 is 0.880 bits per heavy atom. The van der Waals surface area contributed by atoms with Crippen LogP contribution in [0.15, 0.2) is 0 Å². The number of ketones is 1. The fourth-order valence-electron chi connectivity index (χ4n) is 8.36. The minimum absolute atomic E-state index is 0.0462. The molecule has 0 saturated carbocycles. The zero-order chi connectivity index (χ0) is 38.0. The number of Topliss-reactive ketones (excluding diaryl/α,β-unsaturated/α-hetero) is 1. The standard InChI is InChI=1S/C37H67NO12/c1-14-26-20(4)29(40)21(5)28(39)18(2)16-36(9,44)33(50-35-30(41)25(38(11)12)15-19(3)46-35)22(6)31(23(7)34(43)48-26)49-27-17-37(10,45-13)32(42)24(8)47-27/h18-27,29-33,35,40-42,44H,14-17H2,1-13H3/t18-,19-,20+,21+,22-,23-,24+,25+,26-,27+,29+,30-,31+,32+,33-,35+,36-,37-/m1/s1. The molecule has 4 N–H and O–H groups in total. The highest BCUT2D eigenvalue weighted by Crippen LogP contribution is 2.40. The summed E-state index contributed by atoms with van der Waals surface area (Å²) in [5.41, 5.74) is -2.73. The number of aliphatic hydroxyl groups is 4. The number of hydrogen-bond donors (Lipinski definition) is 4. The Bertz CT molecular complexity index is 1120. The van der Waals surface area contributed by atoms with E-state index >= 15 is 0 Å². The van der Waals surface area contributed by atoms with Gasteiger partial charge in [0.15, 0.2) is 12.6 Å². The van der Waals surface area contributed by atoms with Crippen molar-refractivity contribution in [3.63, 3.8) is 0 Å². The van der Waals surface area contributed by atoms with E-state index in [4.69, 9.17) is 28.4 Å². The molecule has 18 atom stereocenters. The first-order valence-electron chi connectivity index (χ1n) is 18.4. The summed E-state index contributed by atoms with van der Waals surface area (Å²) in [6.45, 7) is 17.4. The molecular weight excluding hydrogens is 650 g/mol. The Balaban J connectivity index is 2.16. The van der Waals surface area contributed by atoms with Crippen molar-refractivity contribution >= 4 is 11.8 Å². The maximum atomic E-state index is 14.0. The monoisotopic (exact) mass is 717 g/mol. The van der Waals surface area contributed by atoms with Gasteiger partial charge in [0.2, 0.25) is 0 Å². The van der Waals surface area contributed by atoms with Crippen LogP contribution in [0.1, 0.15) is 94.9 Å². The molecule has 0 aliphatic carbocycles. The Morgan fingerprint density at radius 2 is 1.50 bits per heavy atom. The normalized spacial score (nSPS) is 49.0. The Kier molecular flexibility index (Phi) is 14.9. The number of methoxy groups -OCH3 is 1. The number of carbonyl (C=O) groups is 2. The van der Waals surface area contributed by atoms with Gasteiger partial charge in [0, 0.05) is 43.2 Å². The molecule has 0 amide bonds. The predicted octanol–water partition coefficient (Wildman–Crippen LogP) is 2.67.